The number of aromatic nitrogens is 1. The number of pyridine rings is 1. The van der Waals surface area contributed by atoms with Crippen LogP contribution in [0.1, 0.15) is 39.3 Å². The predicted octanol–water partition coefficient (Wildman–Crippen LogP) is 3.93. The van der Waals surface area contributed by atoms with Gasteiger partial charge in [0.1, 0.15) is 5.60 Å². The second kappa shape index (κ2) is 5.79. The molecule has 0 aromatic carbocycles. The summed E-state index contributed by atoms with van der Waals surface area (Å²) in [5.74, 6) is 0. The summed E-state index contributed by atoms with van der Waals surface area (Å²) in [6.45, 7) is 6.04. The molecule has 0 saturated carbocycles. The fourth-order valence-electron chi connectivity index (χ4n) is 2.28. The SMILES string of the molecule is CC(C)(C)OC(=O)N1CCC(F)(c2cc(Cl)ccn2)CC1. The summed E-state index contributed by atoms with van der Waals surface area (Å²) >= 11 is 5.89. The van der Waals surface area contributed by atoms with E-state index in [0.717, 1.165) is 0 Å². The summed E-state index contributed by atoms with van der Waals surface area (Å²) in [7, 11) is 0. The first kappa shape index (κ1) is 16.0. The summed E-state index contributed by atoms with van der Waals surface area (Å²) in [6.07, 6.45) is 1.49. The summed E-state index contributed by atoms with van der Waals surface area (Å²) in [5, 5.41) is 0.464. The van der Waals surface area contributed by atoms with Gasteiger partial charge in [-0.2, -0.15) is 0 Å². The lowest BCUT2D eigenvalue weighted by Crippen LogP contribution is -2.45. The van der Waals surface area contributed by atoms with Crippen molar-refractivity contribution in [3.05, 3.63) is 29.0 Å². The van der Waals surface area contributed by atoms with Gasteiger partial charge in [0, 0.05) is 37.2 Å². The molecule has 0 unspecified atom stereocenters. The van der Waals surface area contributed by atoms with Crippen LogP contribution in [0.5, 0.6) is 0 Å². The molecule has 4 nitrogen and oxygen atoms in total. The smallest absolute Gasteiger partial charge is 0.410 e. The number of hydrogen-bond donors (Lipinski definition) is 0. The summed E-state index contributed by atoms with van der Waals surface area (Å²) in [6, 6.07) is 3.16. The molecular weight excluding hydrogens is 295 g/mol. The van der Waals surface area contributed by atoms with Gasteiger partial charge in [-0.15, -0.1) is 0 Å². The van der Waals surface area contributed by atoms with Gasteiger partial charge in [0.05, 0.1) is 5.69 Å². The quantitative estimate of drug-likeness (QED) is 0.788. The van der Waals surface area contributed by atoms with Crippen molar-refractivity contribution in [3.63, 3.8) is 0 Å². The Morgan fingerprint density at radius 3 is 2.57 bits per heavy atom. The number of likely N-dealkylation sites (tertiary alicyclic amines) is 1. The summed E-state index contributed by atoms with van der Waals surface area (Å²) in [4.78, 5) is 17.6. The van der Waals surface area contributed by atoms with E-state index in [-0.39, 0.29) is 12.8 Å². The first-order valence-electron chi connectivity index (χ1n) is 6.98. The molecule has 1 aliphatic heterocycles. The molecule has 2 rings (SSSR count). The van der Waals surface area contributed by atoms with Gasteiger partial charge < -0.3 is 9.64 Å². The number of piperidine rings is 1. The third kappa shape index (κ3) is 4.06. The van der Waals surface area contributed by atoms with Gasteiger partial charge in [0.2, 0.25) is 0 Å². The van der Waals surface area contributed by atoms with Gasteiger partial charge >= 0.3 is 6.09 Å². The summed E-state index contributed by atoms with van der Waals surface area (Å²) in [5.41, 5.74) is -1.75. The largest absolute Gasteiger partial charge is 0.444 e. The van der Waals surface area contributed by atoms with Crippen molar-refractivity contribution in [3.8, 4) is 0 Å². The molecule has 0 bridgehead atoms. The van der Waals surface area contributed by atoms with Crippen LogP contribution in [-0.4, -0.2) is 34.7 Å². The van der Waals surface area contributed by atoms with Gasteiger partial charge in [-0.25, -0.2) is 9.18 Å². The van der Waals surface area contributed by atoms with Crippen LogP contribution in [0.2, 0.25) is 5.02 Å². The minimum Gasteiger partial charge on any atom is -0.444 e. The standard InChI is InChI=1S/C15H20ClFN2O2/c1-14(2,3)21-13(20)19-8-5-15(17,6-9-19)12-10-11(16)4-7-18-12/h4,7,10H,5-6,8-9H2,1-3H3. The van der Waals surface area contributed by atoms with Crippen molar-refractivity contribution in [1.29, 1.82) is 0 Å². The molecule has 1 aromatic rings. The number of rotatable bonds is 1. The number of hydrogen-bond acceptors (Lipinski definition) is 3. The number of ether oxygens (including phenoxy) is 1. The lowest BCUT2D eigenvalue weighted by molar-refractivity contribution is 0.00126. The maximum absolute atomic E-state index is 15.0. The van der Waals surface area contributed by atoms with E-state index in [0.29, 0.717) is 23.8 Å². The minimum atomic E-state index is -1.54. The topological polar surface area (TPSA) is 42.4 Å². The van der Waals surface area contributed by atoms with Crippen LogP contribution in [0, 0.1) is 0 Å². The van der Waals surface area contributed by atoms with Crippen molar-refractivity contribution in [1.82, 2.24) is 9.88 Å². The minimum absolute atomic E-state index is 0.194. The third-order valence-corrected chi connectivity index (χ3v) is 3.62. The van der Waals surface area contributed by atoms with Crippen LogP contribution in [0.3, 0.4) is 0 Å². The maximum atomic E-state index is 15.0. The van der Waals surface area contributed by atoms with Crippen LogP contribution < -0.4 is 0 Å². The van der Waals surface area contributed by atoms with Crippen LogP contribution in [0.4, 0.5) is 9.18 Å². The number of alkyl halides is 1. The average Bonchev–Trinajstić information content (AvgIpc) is 2.37. The van der Waals surface area contributed by atoms with E-state index >= 15 is 0 Å². The Morgan fingerprint density at radius 1 is 1.43 bits per heavy atom. The highest BCUT2D eigenvalue weighted by Gasteiger charge is 2.39. The van der Waals surface area contributed by atoms with Crippen molar-refractivity contribution < 1.29 is 13.9 Å². The highest BCUT2D eigenvalue weighted by Crippen LogP contribution is 2.36. The Morgan fingerprint density at radius 2 is 2.05 bits per heavy atom. The number of amides is 1. The zero-order valence-electron chi connectivity index (χ0n) is 12.5. The zero-order chi connectivity index (χ0) is 15.7. The third-order valence-electron chi connectivity index (χ3n) is 3.39. The van der Waals surface area contributed by atoms with Gasteiger partial charge in [-0.1, -0.05) is 11.6 Å². The van der Waals surface area contributed by atoms with Crippen LogP contribution in [-0.2, 0) is 10.4 Å². The first-order chi connectivity index (χ1) is 9.70. The molecule has 1 aromatic heterocycles. The van der Waals surface area contributed by atoms with E-state index < -0.39 is 17.4 Å². The molecular formula is C15H20ClFN2O2. The van der Waals surface area contributed by atoms with E-state index in [2.05, 4.69) is 4.98 Å². The average molecular weight is 315 g/mol. The van der Waals surface area contributed by atoms with Crippen molar-refractivity contribution >= 4 is 17.7 Å². The molecule has 0 radical (unpaired) electrons. The second-order valence-electron chi connectivity index (χ2n) is 6.29. The van der Waals surface area contributed by atoms with Crippen LogP contribution in [0.15, 0.2) is 18.3 Å². The number of halogens is 2. The molecule has 0 spiro atoms. The number of carbonyl (C=O) groups is 1. The van der Waals surface area contributed by atoms with Crippen LogP contribution >= 0.6 is 11.6 Å². The van der Waals surface area contributed by atoms with Gasteiger partial charge in [-0.3, -0.25) is 4.98 Å². The summed E-state index contributed by atoms with van der Waals surface area (Å²) < 4.78 is 20.3. The van der Waals surface area contributed by atoms with E-state index in [1.54, 1.807) is 12.1 Å². The van der Waals surface area contributed by atoms with E-state index in [1.807, 2.05) is 20.8 Å². The molecule has 0 atom stereocenters. The fourth-order valence-corrected chi connectivity index (χ4v) is 2.44. The predicted molar refractivity (Wildman–Crippen MR) is 79.1 cm³/mol. The first-order valence-corrected chi connectivity index (χ1v) is 7.36. The highest BCUT2D eigenvalue weighted by molar-refractivity contribution is 6.30. The molecule has 0 N–H and O–H groups in total. The van der Waals surface area contributed by atoms with Gasteiger partial charge in [0.25, 0.3) is 0 Å². The fraction of sp³-hybridized carbons (Fsp3) is 0.600. The molecule has 0 aliphatic carbocycles. The van der Waals surface area contributed by atoms with E-state index in [9.17, 15) is 9.18 Å². The Labute approximate surface area is 129 Å². The molecule has 116 valence electrons. The highest BCUT2D eigenvalue weighted by atomic mass is 35.5. The molecule has 1 amide bonds. The van der Waals surface area contributed by atoms with Gasteiger partial charge in [0.15, 0.2) is 5.67 Å². The van der Waals surface area contributed by atoms with E-state index in [1.165, 1.54) is 11.1 Å². The zero-order valence-corrected chi connectivity index (χ0v) is 13.3. The lowest BCUT2D eigenvalue weighted by Gasteiger charge is -2.36. The Bertz CT molecular complexity index is 523. The van der Waals surface area contributed by atoms with E-state index in [4.69, 9.17) is 16.3 Å². The van der Waals surface area contributed by atoms with Crippen molar-refractivity contribution in [2.45, 2.75) is 44.9 Å². The maximum Gasteiger partial charge on any atom is 0.410 e. The Balaban J connectivity index is 2.01. The molecule has 2 heterocycles. The Hall–Kier alpha value is -1.36. The Kier molecular flexibility index (Phi) is 4.42. The van der Waals surface area contributed by atoms with Crippen molar-refractivity contribution in [2.24, 2.45) is 0 Å². The molecule has 21 heavy (non-hydrogen) atoms. The lowest BCUT2D eigenvalue weighted by atomic mass is 9.90. The number of carbonyl (C=O) groups excluding carboxylic acids is 1. The molecule has 1 aliphatic rings. The molecule has 1 fully saturated rings. The monoisotopic (exact) mass is 314 g/mol. The van der Waals surface area contributed by atoms with Crippen molar-refractivity contribution in [2.75, 3.05) is 13.1 Å². The molecule has 1 saturated heterocycles. The number of nitrogens with zero attached hydrogens (tertiary/aromatic N) is 2. The second-order valence-corrected chi connectivity index (χ2v) is 6.73. The normalized spacial score (nSPS) is 18.4. The van der Waals surface area contributed by atoms with Gasteiger partial charge in [-0.05, 0) is 32.9 Å². The molecule has 6 heteroatoms. The van der Waals surface area contributed by atoms with Crippen LogP contribution in [0.25, 0.3) is 0 Å².